The van der Waals surface area contributed by atoms with Crippen molar-refractivity contribution in [2.45, 2.75) is 20.8 Å². The first-order valence-electron chi connectivity index (χ1n) is 9.82. The van der Waals surface area contributed by atoms with E-state index in [0.717, 1.165) is 0 Å². The molecule has 0 aliphatic carbocycles. The summed E-state index contributed by atoms with van der Waals surface area (Å²) in [7, 11) is 0. The van der Waals surface area contributed by atoms with Crippen molar-refractivity contribution in [3.63, 3.8) is 0 Å². The summed E-state index contributed by atoms with van der Waals surface area (Å²) >= 11 is 0. The molecule has 0 spiro atoms. The number of rotatable bonds is 17. The molecule has 0 aromatic carbocycles. The number of esters is 3. The van der Waals surface area contributed by atoms with Crippen molar-refractivity contribution in [3.05, 3.63) is 25.6 Å². The molecule has 0 amide bonds. The van der Waals surface area contributed by atoms with E-state index in [1.807, 2.05) is 4.90 Å². The Labute approximate surface area is 173 Å². The van der Waals surface area contributed by atoms with Gasteiger partial charge in [0.2, 0.25) is 0 Å². The van der Waals surface area contributed by atoms with Crippen LogP contribution in [-0.4, -0.2) is 98.2 Å². The normalized spacial score (nSPS) is 10.2. The van der Waals surface area contributed by atoms with Crippen molar-refractivity contribution in [1.82, 2.24) is 14.7 Å². The number of ether oxygens (including phenoxy) is 3. The molecule has 0 atom stereocenters. The van der Waals surface area contributed by atoms with Crippen molar-refractivity contribution < 1.29 is 28.6 Å². The molecule has 29 heavy (non-hydrogen) atoms. The van der Waals surface area contributed by atoms with E-state index in [-0.39, 0.29) is 37.5 Å². The van der Waals surface area contributed by atoms with Gasteiger partial charge in [-0.15, -0.1) is 0 Å². The molecule has 0 bridgehead atoms. The fourth-order valence-electron chi connectivity index (χ4n) is 2.41. The molecular formula is C20H35N3O6. The van der Waals surface area contributed by atoms with Gasteiger partial charge in [-0.05, 0) is 33.2 Å². The van der Waals surface area contributed by atoms with Gasteiger partial charge in [-0.3, -0.25) is 19.3 Å². The second kappa shape index (κ2) is 16.4. The molecule has 0 aliphatic rings. The first-order valence-corrected chi connectivity index (χ1v) is 9.82. The Hall–Kier alpha value is -2.55. The minimum atomic E-state index is -0.336. The lowest BCUT2D eigenvalue weighted by Gasteiger charge is -2.28. The van der Waals surface area contributed by atoms with Gasteiger partial charge >= 0.3 is 17.9 Å². The summed E-state index contributed by atoms with van der Waals surface area (Å²) in [5.41, 5.74) is 0. The van der Waals surface area contributed by atoms with Crippen LogP contribution in [0.4, 0.5) is 0 Å². The predicted molar refractivity (Wildman–Crippen MR) is 110 cm³/mol. The Morgan fingerprint density at radius 2 is 1.00 bits per heavy atom. The van der Waals surface area contributed by atoms with Crippen molar-refractivity contribution in [1.29, 1.82) is 0 Å². The summed E-state index contributed by atoms with van der Waals surface area (Å²) in [6.07, 6.45) is 3.13. The van der Waals surface area contributed by atoms with E-state index in [9.17, 15) is 14.4 Å². The van der Waals surface area contributed by atoms with E-state index in [1.165, 1.54) is 0 Å². The first kappa shape index (κ1) is 26.4. The van der Waals surface area contributed by atoms with Crippen molar-refractivity contribution in [3.8, 4) is 0 Å². The molecule has 0 aliphatic heterocycles. The average Bonchev–Trinajstić information content (AvgIpc) is 2.68. The lowest BCUT2D eigenvalue weighted by atomic mass is 10.3. The third-order valence-electron chi connectivity index (χ3n) is 3.86. The molecule has 0 N–H and O–H groups in total. The van der Waals surface area contributed by atoms with Gasteiger partial charge in [0.05, 0.1) is 26.4 Å². The largest absolute Gasteiger partial charge is 0.465 e. The molecule has 0 rings (SSSR count). The van der Waals surface area contributed by atoms with Crippen LogP contribution in [0, 0.1) is 0 Å². The molecule has 0 fully saturated rings. The highest BCUT2D eigenvalue weighted by molar-refractivity contribution is 5.72. The molecule has 0 aromatic rings. The molecule has 9 nitrogen and oxygen atoms in total. The summed E-state index contributed by atoms with van der Waals surface area (Å²) < 4.78 is 14.9. The van der Waals surface area contributed by atoms with Crippen LogP contribution in [0.25, 0.3) is 0 Å². The van der Waals surface area contributed by atoms with Gasteiger partial charge in [0.25, 0.3) is 0 Å². The minimum absolute atomic E-state index is 0.0895. The third kappa shape index (κ3) is 13.3. The fourth-order valence-corrected chi connectivity index (χ4v) is 2.41. The van der Waals surface area contributed by atoms with Gasteiger partial charge in [0.1, 0.15) is 13.1 Å². The van der Waals surface area contributed by atoms with Crippen molar-refractivity contribution >= 4 is 17.9 Å². The minimum Gasteiger partial charge on any atom is -0.465 e. The van der Waals surface area contributed by atoms with Crippen LogP contribution < -0.4 is 0 Å². The topological polar surface area (TPSA) is 88.6 Å². The standard InChI is InChI=1S/C20H35N3O6/c1-6-21(15-18(24)27-8-3)11-13-23(17-20(26)29-10-5)14-12-22(7-2)16-19(25)28-9-4/h6-7H,1-2,8-17H2,3-5H3. The molecule has 0 radical (unpaired) electrons. The number of hydrogen-bond donors (Lipinski definition) is 0. The molecular weight excluding hydrogens is 378 g/mol. The van der Waals surface area contributed by atoms with E-state index in [4.69, 9.17) is 14.2 Å². The van der Waals surface area contributed by atoms with E-state index in [2.05, 4.69) is 13.2 Å². The average molecular weight is 414 g/mol. The van der Waals surface area contributed by atoms with Crippen LogP contribution in [0.15, 0.2) is 25.6 Å². The maximum absolute atomic E-state index is 11.9. The van der Waals surface area contributed by atoms with Crippen LogP contribution in [0.5, 0.6) is 0 Å². The molecule has 0 heterocycles. The predicted octanol–water partition coefficient (Wildman–Crippen LogP) is 0.869. The van der Waals surface area contributed by atoms with Gasteiger partial charge in [0.15, 0.2) is 0 Å². The maximum Gasteiger partial charge on any atom is 0.325 e. The summed E-state index contributed by atoms with van der Waals surface area (Å²) in [6.45, 7) is 15.8. The summed E-state index contributed by atoms with van der Waals surface area (Å²) in [5.74, 6) is -1.01. The Bertz CT molecular complexity index is 490. The number of carbonyl (C=O) groups excluding carboxylic acids is 3. The van der Waals surface area contributed by atoms with Crippen molar-refractivity contribution in [2.75, 3.05) is 65.6 Å². The van der Waals surface area contributed by atoms with E-state index >= 15 is 0 Å². The zero-order valence-corrected chi connectivity index (χ0v) is 17.9. The molecule has 166 valence electrons. The second-order valence-electron chi connectivity index (χ2n) is 6.00. The number of carbonyl (C=O) groups is 3. The monoisotopic (exact) mass is 413 g/mol. The molecule has 0 saturated heterocycles. The van der Waals surface area contributed by atoms with Gasteiger partial charge < -0.3 is 24.0 Å². The second-order valence-corrected chi connectivity index (χ2v) is 6.00. The van der Waals surface area contributed by atoms with Crippen LogP contribution in [0.3, 0.4) is 0 Å². The van der Waals surface area contributed by atoms with E-state index in [0.29, 0.717) is 46.0 Å². The Kier molecular flexibility index (Phi) is 15.0. The highest BCUT2D eigenvalue weighted by Crippen LogP contribution is 1.99. The van der Waals surface area contributed by atoms with Crippen LogP contribution in [0.1, 0.15) is 20.8 Å². The highest BCUT2D eigenvalue weighted by atomic mass is 16.5. The summed E-state index contributed by atoms with van der Waals surface area (Å²) in [6, 6.07) is 0. The van der Waals surface area contributed by atoms with Crippen LogP contribution in [0.2, 0.25) is 0 Å². The smallest absolute Gasteiger partial charge is 0.325 e. The Balaban J connectivity index is 4.80. The lowest BCUT2D eigenvalue weighted by Crippen LogP contribution is -2.42. The summed E-state index contributed by atoms with van der Waals surface area (Å²) in [5, 5.41) is 0. The zero-order chi connectivity index (χ0) is 22.1. The molecule has 0 aromatic heterocycles. The lowest BCUT2D eigenvalue weighted by molar-refractivity contribution is -0.146. The maximum atomic E-state index is 11.9. The zero-order valence-electron chi connectivity index (χ0n) is 17.9. The third-order valence-corrected chi connectivity index (χ3v) is 3.86. The van der Waals surface area contributed by atoms with E-state index < -0.39 is 0 Å². The van der Waals surface area contributed by atoms with E-state index in [1.54, 1.807) is 43.0 Å². The fraction of sp³-hybridized carbons (Fsp3) is 0.650. The first-order chi connectivity index (χ1) is 13.9. The molecule has 0 unspecified atom stereocenters. The quantitative estimate of drug-likeness (QED) is 0.254. The van der Waals surface area contributed by atoms with Crippen LogP contribution in [-0.2, 0) is 28.6 Å². The Morgan fingerprint density at radius 3 is 1.31 bits per heavy atom. The van der Waals surface area contributed by atoms with Gasteiger partial charge in [0, 0.05) is 26.2 Å². The van der Waals surface area contributed by atoms with Gasteiger partial charge in [-0.25, -0.2) is 0 Å². The van der Waals surface area contributed by atoms with Gasteiger partial charge in [-0.2, -0.15) is 0 Å². The summed E-state index contributed by atoms with van der Waals surface area (Å²) in [4.78, 5) is 40.6. The van der Waals surface area contributed by atoms with Gasteiger partial charge in [-0.1, -0.05) is 13.2 Å². The molecule has 9 heteroatoms. The molecule has 0 saturated carbocycles. The Morgan fingerprint density at radius 1 is 0.655 bits per heavy atom. The SMILES string of the molecule is C=CN(CCN(CCN(C=C)CC(=O)OCC)CC(=O)OCC)CC(=O)OCC. The number of hydrogen-bond acceptors (Lipinski definition) is 9. The van der Waals surface area contributed by atoms with Crippen LogP contribution >= 0.6 is 0 Å². The highest BCUT2D eigenvalue weighted by Gasteiger charge is 2.16. The van der Waals surface area contributed by atoms with Crippen molar-refractivity contribution in [2.24, 2.45) is 0 Å². The number of nitrogens with zero attached hydrogens (tertiary/aromatic N) is 3.